The minimum Gasteiger partial charge on any atom is -0.487 e. The summed E-state index contributed by atoms with van der Waals surface area (Å²) >= 11 is 0. The van der Waals surface area contributed by atoms with Crippen LogP contribution < -0.4 is 4.74 Å². The van der Waals surface area contributed by atoms with Gasteiger partial charge in [0.05, 0.1) is 19.9 Å². The molecule has 0 saturated carbocycles. The summed E-state index contributed by atoms with van der Waals surface area (Å²) in [5.41, 5.74) is -0.287. The molecule has 126 valence electrons. The highest BCUT2D eigenvalue weighted by molar-refractivity contribution is 5.87. The van der Waals surface area contributed by atoms with Gasteiger partial charge in [-0.05, 0) is 32.9 Å². The summed E-state index contributed by atoms with van der Waals surface area (Å²) in [4.78, 5) is 28.9. The lowest BCUT2D eigenvalue weighted by Gasteiger charge is -2.24. The molecule has 2 heterocycles. The third-order valence-electron chi connectivity index (χ3n) is 3.23. The monoisotopic (exact) mass is 322 g/mol. The Hall–Kier alpha value is -2.31. The van der Waals surface area contributed by atoms with Crippen molar-refractivity contribution in [2.45, 2.75) is 38.9 Å². The van der Waals surface area contributed by atoms with E-state index >= 15 is 0 Å². The van der Waals surface area contributed by atoms with Gasteiger partial charge >= 0.3 is 12.1 Å². The zero-order valence-electron chi connectivity index (χ0n) is 13.9. The number of hydrogen-bond acceptors (Lipinski definition) is 6. The molecule has 1 amide bonds. The van der Waals surface area contributed by atoms with Gasteiger partial charge in [0.1, 0.15) is 23.1 Å². The predicted molar refractivity (Wildman–Crippen MR) is 82.4 cm³/mol. The topological polar surface area (TPSA) is 78.0 Å². The van der Waals surface area contributed by atoms with Crippen molar-refractivity contribution >= 4 is 12.1 Å². The molecule has 1 aliphatic rings. The first kappa shape index (κ1) is 17.1. The maximum atomic E-state index is 12.0. The van der Waals surface area contributed by atoms with Gasteiger partial charge in [-0.25, -0.2) is 14.6 Å². The molecule has 23 heavy (non-hydrogen) atoms. The van der Waals surface area contributed by atoms with E-state index in [2.05, 4.69) is 9.72 Å². The number of hydrogen-bond donors (Lipinski definition) is 0. The maximum absolute atomic E-state index is 12.0. The Labute approximate surface area is 135 Å². The van der Waals surface area contributed by atoms with Crippen LogP contribution in [0, 0.1) is 0 Å². The number of rotatable bonds is 3. The zero-order chi connectivity index (χ0) is 17.0. The largest absolute Gasteiger partial charge is 0.487 e. The highest BCUT2D eigenvalue weighted by atomic mass is 16.6. The summed E-state index contributed by atoms with van der Waals surface area (Å²) < 4.78 is 15.7. The van der Waals surface area contributed by atoms with E-state index < -0.39 is 11.6 Å². The van der Waals surface area contributed by atoms with Crippen LogP contribution in [-0.2, 0) is 9.47 Å². The molecule has 1 atom stereocenters. The van der Waals surface area contributed by atoms with Crippen molar-refractivity contribution in [2.24, 2.45) is 0 Å². The average molecular weight is 322 g/mol. The highest BCUT2D eigenvalue weighted by Gasteiger charge is 2.30. The number of methoxy groups -OCH3 is 1. The van der Waals surface area contributed by atoms with Crippen molar-refractivity contribution in [3.63, 3.8) is 0 Å². The molecule has 0 aromatic carbocycles. The Morgan fingerprint density at radius 1 is 1.30 bits per heavy atom. The average Bonchev–Trinajstić information content (AvgIpc) is 2.94. The van der Waals surface area contributed by atoms with Crippen LogP contribution in [0.2, 0.25) is 0 Å². The van der Waals surface area contributed by atoms with Crippen LogP contribution in [0.3, 0.4) is 0 Å². The first-order valence-electron chi connectivity index (χ1n) is 7.47. The number of likely N-dealkylation sites (tertiary alicyclic amines) is 1. The number of amides is 1. The van der Waals surface area contributed by atoms with Crippen molar-refractivity contribution in [2.75, 3.05) is 20.2 Å². The molecule has 0 aliphatic carbocycles. The van der Waals surface area contributed by atoms with Gasteiger partial charge in [-0.15, -0.1) is 0 Å². The number of carbonyl (C=O) groups is 2. The minimum absolute atomic E-state index is 0.117. The summed E-state index contributed by atoms with van der Waals surface area (Å²) in [7, 11) is 1.30. The zero-order valence-corrected chi connectivity index (χ0v) is 13.9. The third-order valence-corrected chi connectivity index (χ3v) is 3.23. The SMILES string of the molecule is COC(=O)c1ccc(OC2CCN(C(=O)OC(C)(C)C)C2)cn1. The van der Waals surface area contributed by atoms with E-state index in [-0.39, 0.29) is 17.9 Å². The molecule has 1 aromatic heterocycles. The lowest BCUT2D eigenvalue weighted by molar-refractivity contribution is 0.0275. The second-order valence-electron chi connectivity index (χ2n) is 6.33. The van der Waals surface area contributed by atoms with Crippen molar-refractivity contribution in [1.82, 2.24) is 9.88 Å². The Balaban J connectivity index is 1.88. The Kier molecular flexibility index (Phi) is 5.08. The molecule has 2 rings (SSSR count). The Morgan fingerprint density at radius 2 is 2.04 bits per heavy atom. The molecular weight excluding hydrogens is 300 g/mol. The molecule has 1 aliphatic heterocycles. The van der Waals surface area contributed by atoms with Gasteiger partial charge in [-0.3, -0.25) is 0 Å². The summed E-state index contributed by atoms with van der Waals surface area (Å²) in [6, 6.07) is 3.21. The lowest BCUT2D eigenvalue weighted by Crippen LogP contribution is -2.36. The van der Waals surface area contributed by atoms with E-state index in [0.29, 0.717) is 18.8 Å². The summed E-state index contributed by atoms with van der Waals surface area (Å²) in [6.07, 6.45) is 1.75. The van der Waals surface area contributed by atoms with Crippen LogP contribution in [0.1, 0.15) is 37.7 Å². The summed E-state index contributed by atoms with van der Waals surface area (Å²) in [5, 5.41) is 0. The maximum Gasteiger partial charge on any atom is 0.410 e. The Bertz CT molecular complexity index is 565. The van der Waals surface area contributed by atoms with Gasteiger partial charge in [-0.1, -0.05) is 0 Å². The molecule has 0 N–H and O–H groups in total. The van der Waals surface area contributed by atoms with E-state index in [9.17, 15) is 9.59 Å². The van der Waals surface area contributed by atoms with E-state index in [1.165, 1.54) is 13.3 Å². The van der Waals surface area contributed by atoms with Gasteiger partial charge < -0.3 is 19.1 Å². The normalized spacial score (nSPS) is 17.7. The van der Waals surface area contributed by atoms with Crippen LogP contribution in [0.25, 0.3) is 0 Å². The quantitative estimate of drug-likeness (QED) is 0.794. The van der Waals surface area contributed by atoms with Gasteiger partial charge in [0.25, 0.3) is 0 Å². The van der Waals surface area contributed by atoms with E-state index in [0.717, 1.165) is 6.42 Å². The highest BCUT2D eigenvalue weighted by Crippen LogP contribution is 2.20. The van der Waals surface area contributed by atoms with E-state index in [1.54, 1.807) is 17.0 Å². The number of aromatic nitrogens is 1. The van der Waals surface area contributed by atoms with Crippen LogP contribution in [0.15, 0.2) is 18.3 Å². The molecule has 7 nitrogen and oxygen atoms in total. The van der Waals surface area contributed by atoms with Crippen molar-refractivity contribution < 1.29 is 23.8 Å². The molecule has 0 bridgehead atoms. The molecule has 7 heteroatoms. The number of carbonyl (C=O) groups excluding carboxylic acids is 2. The van der Waals surface area contributed by atoms with Crippen molar-refractivity contribution in [1.29, 1.82) is 0 Å². The fourth-order valence-corrected chi connectivity index (χ4v) is 2.18. The van der Waals surface area contributed by atoms with Crippen molar-refractivity contribution in [3.05, 3.63) is 24.0 Å². The first-order valence-corrected chi connectivity index (χ1v) is 7.47. The van der Waals surface area contributed by atoms with Gasteiger partial charge in [0.15, 0.2) is 0 Å². The molecular formula is C16H22N2O5. The molecule has 1 saturated heterocycles. The Morgan fingerprint density at radius 3 is 2.61 bits per heavy atom. The number of esters is 1. The van der Waals surface area contributed by atoms with E-state index in [1.807, 2.05) is 20.8 Å². The second-order valence-corrected chi connectivity index (χ2v) is 6.33. The molecule has 1 fully saturated rings. The van der Waals surface area contributed by atoms with Crippen molar-refractivity contribution in [3.8, 4) is 5.75 Å². The van der Waals surface area contributed by atoms with Crippen LogP contribution >= 0.6 is 0 Å². The van der Waals surface area contributed by atoms with Crippen LogP contribution in [0.4, 0.5) is 4.79 Å². The number of nitrogens with zero attached hydrogens (tertiary/aromatic N) is 2. The predicted octanol–water partition coefficient (Wildman–Crippen LogP) is 2.26. The molecule has 0 radical (unpaired) electrons. The second kappa shape index (κ2) is 6.85. The fraction of sp³-hybridized carbons (Fsp3) is 0.562. The number of ether oxygens (including phenoxy) is 3. The first-order chi connectivity index (χ1) is 10.8. The minimum atomic E-state index is -0.510. The third kappa shape index (κ3) is 4.84. The lowest BCUT2D eigenvalue weighted by atomic mass is 10.2. The van der Waals surface area contributed by atoms with Gasteiger partial charge in [-0.2, -0.15) is 0 Å². The standard InChI is InChI=1S/C16H22N2O5/c1-16(2,3)23-15(20)18-8-7-12(10-18)22-11-5-6-13(17-9-11)14(19)21-4/h5-6,9,12H,7-8,10H2,1-4H3. The van der Waals surface area contributed by atoms with E-state index in [4.69, 9.17) is 9.47 Å². The van der Waals surface area contributed by atoms with Gasteiger partial charge in [0, 0.05) is 13.0 Å². The van der Waals surface area contributed by atoms with Crippen LogP contribution in [0.5, 0.6) is 5.75 Å². The molecule has 1 unspecified atom stereocenters. The smallest absolute Gasteiger partial charge is 0.410 e. The summed E-state index contributed by atoms with van der Waals surface area (Å²) in [6.45, 7) is 6.57. The van der Waals surface area contributed by atoms with Crippen LogP contribution in [-0.4, -0.2) is 53.9 Å². The fourth-order valence-electron chi connectivity index (χ4n) is 2.18. The number of pyridine rings is 1. The van der Waals surface area contributed by atoms with Gasteiger partial charge in [0.2, 0.25) is 0 Å². The molecule has 1 aromatic rings. The molecule has 0 spiro atoms. The summed E-state index contributed by atoms with van der Waals surface area (Å²) in [5.74, 6) is 0.0576.